The third-order valence-corrected chi connectivity index (χ3v) is 4.59. The molecule has 0 fully saturated rings. The first-order chi connectivity index (χ1) is 9.06. The van der Waals surface area contributed by atoms with E-state index in [4.69, 9.17) is 9.47 Å². The normalized spacial score (nSPS) is 10.3. The first-order valence-electron chi connectivity index (χ1n) is 5.58. The lowest BCUT2D eigenvalue weighted by molar-refractivity contribution is 0.103. The van der Waals surface area contributed by atoms with Crippen LogP contribution in [0.2, 0.25) is 0 Å². The third-order valence-electron chi connectivity index (χ3n) is 2.80. The molecule has 0 unspecified atom stereocenters. The van der Waals surface area contributed by atoms with Crippen molar-refractivity contribution in [3.8, 4) is 11.5 Å². The van der Waals surface area contributed by atoms with Gasteiger partial charge in [0.05, 0.1) is 17.1 Å². The average molecular weight is 388 g/mol. The Morgan fingerprint density at radius 1 is 1.16 bits per heavy atom. The lowest BCUT2D eigenvalue weighted by Crippen LogP contribution is -2.04. The molecule has 2 aromatic rings. The predicted molar refractivity (Wildman–Crippen MR) is 84.8 cm³/mol. The van der Waals surface area contributed by atoms with Crippen LogP contribution in [-0.2, 0) is 0 Å². The standard InChI is InChI=1S/C14H13IO3S/c1-8-4-11(17-2)12(18-3)6-10(8)14(16)9-5-13(15)19-7-9/h4-7H,1-3H3. The molecule has 0 saturated heterocycles. The van der Waals surface area contributed by atoms with Crippen molar-refractivity contribution in [3.05, 3.63) is 43.2 Å². The molecular formula is C14H13IO3S. The Kier molecular flexibility index (Phi) is 4.46. The van der Waals surface area contributed by atoms with Crippen molar-refractivity contribution < 1.29 is 14.3 Å². The highest BCUT2D eigenvalue weighted by Gasteiger charge is 2.17. The molecule has 0 atom stereocenters. The molecule has 0 radical (unpaired) electrons. The molecule has 1 aromatic carbocycles. The van der Waals surface area contributed by atoms with E-state index in [0.717, 1.165) is 8.45 Å². The van der Waals surface area contributed by atoms with E-state index < -0.39 is 0 Å². The van der Waals surface area contributed by atoms with Crippen LogP contribution in [0.25, 0.3) is 0 Å². The number of hydrogen-bond donors (Lipinski definition) is 0. The maximum absolute atomic E-state index is 12.5. The lowest BCUT2D eigenvalue weighted by atomic mass is 10.0. The van der Waals surface area contributed by atoms with Crippen molar-refractivity contribution in [2.45, 2.75) is 6.92 Å². The summed E-state index contributed by atoms with van der Waals surface area (Å²) in [6.07, 6.45) is 0. The van der Waals surface area contributed by atoms with E-state index in [1.54, 1.807) is 31.6 Å². The zero-order valence-electron chi connectivity index (χ0n) is 10.8. The molecule has 3 nitrogen and oxygen atoms in total. The molecule has 0 spiro atoms. The van der Waals surface area contributed by atoms with Gasteiger partial charge in [0, 0.05) is 16.5 Å². The summed E-state index contributed by atoms with van der Waals surface area (Å²) in [7, 11) is 3.15. The van der Waals surface area contributed by atoms with E-state index in [0.29, 0.717) is 22.6 Å². The van der Waals surface area contributed by atoms with Crippen molar-refractivity contribution in [3.63, 3.8) is 0 Å². The predicted octanol–water partition coefficient (Wildman–Crippen LogP) is 3.91. The molecular weight excluding hydrogens is 375 g/mol. The van der Waals surface area contributed by atoms with Gasteiger partial charge < -0.3 is 9.47 Å². The number of halogens is 1. The summed E-state index contributed by atoms with van der Waals surface area (Å²) >= 11 is 3.77. The number of rotatable bonds is 4. The van der Waals surface area contributed by atoms with Crippen molar-refractivity contribution in [2.75, 3.05) is 14.2 Å². The molecule has 0 saturated carbocycles. The second kappa shape index (κ2) is 5.92. The molecule has 0 amide bonds. The number of carbonyl (C=O) groups is 1. The zero-order valence-corrected chi connectivity index (χ0v) is 13.8. The zero-order chi connectivity index (χ0) is 14.0. The lowest BCUT2D eigenvalue weighted by Gasteiger charge is -2.11. The Labute approximate surface area is 129 Å². The molecule has 1 heterocycles. The van der Waals surface area contributed by atoms with Gasteiger partial charge in [0.15, 0.2) is 17.3 Å². The van der Waals surface area contributed by atoms with Crippen LogP contribution in [0.4, 0.5) is 0 Å². The highest BCUT2D eigenvalue weighted by atomic mass is 127. The Bertz CT molecular complexity index is 619. The second-order valence-corrected chi connectivity index (χ2v) is 6.80. The highest BCUT2D eigenvalue weighted by Crippen LogP contribution is 2.31. The van der Waals surface area contributed by atoms with E-state index in [1.165, 1.54) is 0 Å². The minimum absolute atomic E-state index is 0.0117. The molecule has 1 aromatic heterocycles. The van der Waals surface area contributed by atoms with Crippen LogP contribution in [-0.4, -0.2) is 20.0 Å². The summed E-state index contributed by atoms with van der Waals surface area (Å²) in [5, 5.41) is 1.88. The van der Waals surface area contributed by atoms with Crippen LogP contribution in [0.5, 0.6) is 11.5 Å². The second-order valence-electron chi connectivity index (χ2n) is 3.99. The maximum atomic E-state index is 12.5. The van der Waals surface area contributed by atoms with Crippen LogP contribution < -0.4 is 9.47 Å². The fourth-order valence-corrected chi connectivity index (χ4v) is 3.14. The summed E-state index contributed by atoms with van der Waals surface area (Å²) < 4.78 is 11.6. The van der Waals surface area contributed by atoms with Crippen molar-refractivity contribution in [1.82, 2.24) is 0 Å². The molecule has 0 aliphatic rings. The molecule has 0 N–H and O–H groups in total. The van der Waals surface area contributed by atoms with Gasteiger partial charge in [-0.2, -0.15) is 0 Å². The number of carbonyl (C=O) groups excluding carboxylic acids is 1. The van der Waals surface area contributed by atoms with Gasteiger partial charge >= 0.3 is 0 Å². The fraction of sp³-hybridized carbons (Fsp3) is 0.214. The largest absolute Gasteiger partial charge is 0.493 e. The van der Waals surface area contributed by atoms with Gasteiger partial charge in [0.1, 0.15) is 0 Å². The number of aryl methyl sites for hydroxylation is 1. The van der Waals surface area contributed by atoms with Gasteiger partial charge in [-0.25, -0.2) is 0 Å². The SMILES string of the molecule is COc1cc(C)c(C(=O)c2csc(I)c2)cc1OC. The first kappa shape index (κ1) is 14.3. The quantitative estimate of drug-likeness (QED) is 0.589. The van der Waals surface area contributed by atoms with Crippen molar-refractivity contribution in [1.29, 1.82) is 0 Å². The van der Waals surface area contributed by atoms with Crippen LogP contribution in [0, 0.1) is 9.81 Å². The number of ether oxygens (including phenoxy) is 2. The number of ketones is 1. The van der Waals surface area contributed by atoms with Gasteiger partial charge in [-0.05, 0) is 53.3 Å². The first-order valence-corrected chi connectivity index (χ1v) is 7.54. The minimum Gasteiger partial charge on any atom is -0.493 e. The average Bonchev–Trinajstić information content (AvgIpc) is 2.84. The molecule has 2 rings (SSSR count). The topological polar surface area (TPSA) is 35.5 Å². The van der Waals surface area contributed by atoms with Crippen LogP contribution in [0.15, 0.2) is 23.6 Å². The van der Waals surface area contributed by atoms with Gasteiger partial charge in [0.2, 0.25) is 0 Å². The van der Waals surface area contributed by atoms with E-state index in [1.807, 2.05) is 24.4 Å². The van der Waals surface area contributed by atoms with Crippen molar-refractivity contribution >= 4 is 39.7 Å². The van der Waals surface area contributed by atoms with E-state index in [9.17, 15) is 4.79 Å². The summed E-state index contributed by atoms with van der Waals surface area (Å²) in [5.74, 6) is 1.22. The fourth-order valence-electron chi connectivity index (χ4n) is 1.81. The van der Waals surface area contributed by atoms with Crippen LogP contribution in [0.1, 0.15) is 21.5 Å². The summed E-state index contributed by atoms with van der Waals surface area (Å²) in [4.78, 5) is 12.5. The van der Waals surface area contributed by atoms with E-state index >= 15 is 0 Å². The van der Waals surface area contributed by atoms with Gasteiger partial charge in [0.25, 0.3) is 0 Å². The molecule has 0 aliphatic heterocycles. The molecule has 19 heavy (non-hydrogen) atoms. The summed E-state index contributed by atoms with van der Waals surface area (Å²) in [6.45, 7) is 1.90. The number of methoxy groups -OCH3 is 2. The van der Waals surface area contributed by atoms with Crippen LogP contribution >= 0.6 is 33.9 Å². The Hall–Kier alpha value is -1.08. The molecule has 100 valence electrons. The number of hydrogen-bond acceptors (Lipinski definition) is 4. The molecule has 0 bridgehead atoms. The third kappa shape index (κ3) is 2.92. The Balaban J connectivity index is 2.47. The minimum atomic E-state index is 0.0117. The number of thiophene rings is 1. The van der Waals surface area contributed by atoms with Crippen molar-refractivity contribution in [2.24, 2.45) is 0 Å². The highest BCUT2D eigenvalue weighted by molar-refractivity contribution is 14.1. The smallest absolute Gasteiger partial charge is 0.194 e. The van der Waals surface area contributed by atoms with E-state index in [2.05, 4.69) is 22.6 Å². The van der Waals surface area contributed by atoms with Gasteiger partial charge in [-0.3, -0.25) is 4.79 Å². The van der Waals surface area contributed by atoms with E-state index in [-0.39, 0.29) is 5.78 Å². The Morgan fingerprint density at radius 3 is 2.32 bits per heavy atom. The van der Waals surface area contributed by atoms with Gasteiger partial charge in [-0.1, -0.05) is 0 Å². The summed E-state index contributed by atoms with van der Waals surface area (Å²) in [6, 6.07) is 5.45. The summed E-state index contributed by atoms with van der Waals surface area (Å²) in [5.41, 5.74) is 2.24. The Morgan fingerprint density at radius 2 is 1.79 bits per heavy atom. The monoisotopic (exact) mass is 388 g/mol. The van der Waals surface area contributed by atoms with Crippen LogP contribution in [0.3, 0.4) is 0 Å². The molecule has 0 aliphatic carbocycles. The number of benzene rings is 1. The molecule has 5 heteroatoms. The van der Waals surface area contributed by atoms with Gasteiger partial charge in [-0.15, -0.1) is 11.3 Å². The maximum Gasteiger partial charge on any atom is 0.194 e.